The third-order valence-electron chi connectivity index (χ3n) is 4.30. The van der Waals surface area contributed by atoms with E-state index in [2.05, 4.69) is 10.4 Å². The highest BCUT2D eigenvalue weighted by atomic mass is 16.2. The summed E-state index contributed by atoms with van der Waals surface area (Å²) < 4.78 is 2.23. The van der Waals surface area contributed by atoms with Crippen LogP contribution in [0.2, 0.25) is 0 Å². The van der Waals surface area contributed by atoms with E-state index in [1.807, 2.05) is 0 Å². The van der Waals surface area contributed by atoms with E-state index in [4.69, 9.17) is 5.73 Å². The summed E-state index contributed by atoms with van der Waals surface area (Å²) in [6.07, 6.45) is 5.75. The molecule has 2 rings (SSSR count). The van der Waals surface area contributed by atoms with Crippen LogP contribution in [0.25, 0.3) is 0 Å². The molecule has 112 valence electrons. The molecular weight excluding hydrogens is 258 g/mol. The Balaban J connectivity index is 2.18. The molecule has 0 unspecified atom stereocenters. The SMILES string of the molecule is Cn1nc(NCC2(CN)CCCCC2)c(=O)n(C)c1=O. The van der Waals surface area contributed by atoms with Crippen LogP contribution >= 0.6 is 0 Å². The molecule has 0 amide bonds. The van der Waals surface area contributed by atoms with Crippen molar-refractivity contribution >= 4 is 5.82 Å². The highest BCUT2D eigenvalue weighted by Crippen LogP contribution is 2.35. The van der Waals surface area contributed by atoms with Gasteiger partial charge in [0.25, 0.3) is 5.56 Å². The summed E-state index contributed by atoms with van der Waals surface area (Å²) >= 11 is 0. The van der Waals surface area contributed by atoms with Crippen LogP contribution in [0.3, 0.4) is 0 Å². The Morgan fingerprint density at radius 1 is 1.25 bits per heavy atom. The fourth-order valence-corrected chi connectivity index (χ4v) is 2.84. The van der Waals surface area contributed by atoms with Gasteiger partial charge in [-0.1, -0.05) is 19.3 Å². The fourth-order valence-electron chi connectivity index (χ4n) is 2.84. The van der Waals surface area contributed by atoms with E-state index < -0.39 is 11.2 Å². The Bertz CT molecular complexity index is 583. The molecule has 3 N–H and O–H groups in total. The van der Waals surface area contributed by atoms with E-state index in [0.717, 1.165) is 17.4 Å². The van der Waals surface area contributed by atoms with Crippen molar-refractivity contribution in [3.05, 3.63) is 20.8 Å². The summed E-state index contributed by atoms with van der Waals surface area (Å²) in [5.74, 6) is 0.216. The van der Waals surface area contributed by atoms with Gasteiger partial charge in [0.05, 0.1) is 0 Å². The molecule has 0 atom stereocenters. The Morgan fingerprint density at radius 3 is 2.50 bits per heavy atom. The molecule has 1 heterocycles. The number of nitrogens with one attached hydrogen (secondary N) is 1. The van der Waals surface area contributed by atoms with E-state index >= 15 is 0 Å². The van der Waals surface area contributed by atoms with Gasteiger partial charge in [-0.05, 0) is 24.8 Å². The number of nitrogens with two attached hydrogens (primary N) is 1. The van der Waals surface area contributed by atoms with E-state index in [1.165, 1.54) is 38.0 Å². The van der Waals surface area contributed by atoms with Crippen molar-refractivity contribution < 1.29 is 0 Å². The standard InChI is InChI=1S/C13H23N5O2/c1-17-11(19)10(16-18(2)12(17)20)15-9-13(8-14)6-4-3-5-7-13/h3-9,14H2,1-2H3,(H,15,16). The minimum atomic E-state index is -0.424. The number of aromatic nitrogens is 3. The molecule has 1 aliphatic carbocycles. The second-order valence-corrected chi connectivity index (χ2v) is 5.74. The lowest BCUT2D eigenvalue weighted by Gasteiger charge is -2.36. The average Bonchev–Trinajstić information content (AvgIpc) is 2.48. The minimum absolute atomic E-state index is 0.0413. The molecule has 0 bridgehead atoms. The van der Waals surface area contributed by atoms with Crippen molar-refractivity contribution in [1.29, 1.82) is 0 Å². The molecule has 7 heteroatoms. The molecule has 1 aromatic heterocycles. The van der Waals surface area contributed by atoms with Gasteiger partial charge in [-0.2, -0.15) is 0 Å². The molecule has 0 aliphatic heterocycles. The van der Waals surface area contributed by atoms with Crippen LogP contribution in [0, 0.1) is 5.41 Å². The van der Waals surface area contributed by atoms with Crippen LogP contribution in [-0.4, -0.2) is 27.4 Å². The molecule has 1 fully saturated rings. The molecule has 20 heavy (non-hydrogen) atoms. The predicted octanol–water partition coefficient (Wildman–Crippen LogP) is -0.200. The zero-order valence-corrected chi connectivity index (χ0v) is 12.2. The summed E-state index contributed by atoms with van der Waals surface area (Å²) in [5.41, 5.74) is 5.15. The zero-order chi connectivity index (χ0) is 14.8. The summed E-state index contributed by atoms with van der Waals surface area (Å²) in [6, 6.07) is 0. The maximum absolute atomic E-state index is 12.0. The second kappa shape index (κ2) is 5.78. The minimum Gasteiger partial charge on any atom is -0.363 e. The van der Waals surface area contributed by atoms with Crippen LogP contribution in [0.5, 0.6) is 0 Å². The van der Waals surface area contributed by atoms with Gasteiger partial charge in [-0.15, -0.1) is 5.10 Å². The molecule has 0 saturated heterocycles. The van der Waals surface area contributed by atoms with Crippen LogP contribution in [-0.2, 0) is 14.1 Å². The van der Waals surface area contributed by atoms with E-state index in [1.54, 1.807) is 0 Å². The first-order valence-corrected chi connectivity index (χ1v) is 7.07. The number of anilines is 1. The zero-order valence-electron chi connectivity index (χ0n) is 12.2. The number of hydrogen-bond acceptors (Lipinski definition) is 5. The highest BCUT2D eigenvalue weighted by Gasteiger charge is 2.30. The Labute approximate surface area is 117 Å². The first-order valence-electron chi connectivity index (χ1n) is 7.07. The predicted molar refractivity (Wildman–Crippen MR) is 77.8 cm³/mol. The molecule has 0 radical (unpaired) electrons. The molecule has 0 aromatic carbocycles. The monoisotopic (exact) mass is 281 g/mol. The van der Waals surface area contributed by atoms with Crippen molar-refractivity contribution in [3.63, 3.8) is 0 Å². The fraction of sp³-hybridized carbons (Fsp3) is 0.769. The number of rotatable bonds is 4. The van der Waals surface area contributed by atoms with Crippen molar-refractivity contribution in [3.8, 4) is 0 Å². The van der Waals surface area contributed by atoms with Crippen LogP contribution < -0.4 is 22.3 Å². The first kappa shape index (κ1) is 14.8. The molecule has 1 aromatic rings. The van der Waals surface area contributed by atoms with Gasteiger partial charge in [0.2, 0.25) is 5.82 Å². The van der Waals surface area contributed by atoms with Gasteiger partial charge in [0.15, 0.2) is 0 Å². The number of nitrogens with zero attached hydrogens (tertiary/aromatic N) is 3. The average molecular weight is 281 g/mol. The quantitative estimate of drug-likeness (QED) is 0.797. The van der Waals surface area contributed by atoms with Crippen molar-refractivity contribution in [2.24, 2.45) is 25.2 Å². The van der Waals surface area contributed by atoms with Gasteiger partial charge in [0.1, 0.15) is 0 Å². The third kappa shape index (κ3) is 2.77. The Kier molecular flexibility index (Phi) is 4.27. The lowest BCUT2D eigenvalue weighted by Crippen LogP contribution is -2.43. The summed E-state index contributed by atoms with van der Waals surface area (Å²) in [7, 11) is 2.99. The second-order valence-electron chi connectivity index (χ2n) is 5.74. The number of hydrogen-bond donors (Lipinski definition) is 2. The Hall–Kier alpha value is -1.63. The summed E-state index contributed by atoms with van der Waals surface area (Å²) in [4.78, 5) is 23.6. The first-order chi connectivity index (χ1) is 9.49. The van der Waals surface area contributed by atoms with Crippen LogP contribution in [0.1, 0.15) is 32.1 Å². The Morgan fingerprint density at radius 2 is 1.90 bits per heavy atom. The van der Waals surface area contributed by atoms with Gasteiger partial charge >= 0.3 is 5.69 Å². The van der Waals surface area contributed by atoms with Crippen molar-refractivity contribution in [2.45, 2.75) is 32.1 Å². The van der Waals surface area contributed by atoms with Crippen LogP contribution in [0.15, 0.2) is 9.59 Å². The lowest BCUT2D eigenvalue weighted by atomic mass is 9.74. The molecule has 7 nitrogen and oxygen atoms in total. The maximum atomic E-state index is 12.0. The highest BCUT2D eigenvalue weighted by molar-refractivity contribution is 5.30. The van der Waals surface area contributed by atoms with Gasteiger partial charge in [-0.3, -0.25) is 9.36 Å². The molecule has 1 aliphatic rings. The van der Waals surface area contributed by atoms with Gasteiger partial charge in [-0.25, -0.2) is 9.48 Å². The van der Waals surface area contributed by atoms with Gasteiger partial charge in [0, 0.05) is 20.6 Å². The molecule has 0 spiro atoms. The summed E-state index contributed by atoms with van der Waals surface area (Å²) in [5, 5.41) is 7.10. The largest absolute Gasteiger partial charge is 0.363 e. The third-order valence-corrected chi connectivity index (χ3v) is 4.30. The van der Waals surface area contributed by atoms with Gasteiger partial charge < -0.3 is 11.1 Å². The van der Waals surface area contributed by atoms with Crippen molar-refractivity contribution in [1.82, 2.24) is 14.3 Å². The molecule has 1 saturated carbocycles. The smallest absolute Gasteiger partial charge is 0.346 e. The molecular formula is C13H23N5O2. The van der Waals surface area contributed by atoms with E-state index in [-0.39, 0.29) is 11.2 Å². The topological polar surface area (TPSA) is 94.9 Å². The maximum Gasteiger partial charge on any atom is 0.346 e. The van der Waals surface area contributed by atoms with Crippen molar-refractivity contribution in [2.75, 3.05) is 18.4 Å². The summed E-state index contributed by atoms with van der Waals surface area (Å²) in [6.45, 7) is 1.23. The number of aryl methyl sites for hydroxylation is 1. The van der Waals surface area contributed by atoms with Crippen LogP contribution in [0.4, 0.5) is 5.82 Å². The van der Waals surface area contributed by atoms with E-state index in [0.29, 0.717) is 13.1 Å². The normalized spacial score (nSPS) is 17.9. The lowest BCUT2D eigenvalue weighted by molar-refractivity contribution is 0.215. The van der Waals surface area contributed by atoms with E-state index in [9.17, 15) is 9.59 Å².